The summed E-state index contributed by atoms with van der Waals surface area (Å²) in [6, 6.07) is -0.866. The van der Waals surface area contributed by atoms with Gasteiger partial charge in [-0.3, -0.25) is 4.79 Å². The number of carbonyl (C=O) groups excluding carboxylic acids is 1. The number of allylic oxidation sites excluding steroid dienone is 13. The van der Waals surface area contributed by atoms with Gasteiger partial charge in [-0.05, 0) is 64.2 Å². The molecule has 7 unspecified atom stereocenters. The highest BCUT2D eigenvalue weighted by atomic mass is 16.7. The molecule has 0 aromatic heterocycles. The molecule has 46 heavy (non-hydrogen) atoms. The molecule has 1 heterocycles. The number of aliphatic hydroxyl groups is 5. The molecular formula is C37H59NO8. The van der Waals surface area contributed by atoms with E-state index in [4.69, 9.17) is 9.47 Å². The number of ether oxygens (including phenoxy) is 2. The van der Waals surface area contributed by atoms with Crippen molar-refractivity contribution >= 4 is 5.91 Å². The van der Waals surface area contributed by atoms with Gasteiger partial charge in [-0.2, -0.15) is 0 Å². The van der Waals surface area contributed by atoms with Gasteiger partial charge >= 0.3 is 0 Å². The lowest BCUT2D eigenvalue weighted by Gasteiger charge is -2.40. The molecule has 1 saturated heterocycles. The molecule has 1 amide bonds. The quantitative estimate of drug-likeness (QED) is 0.0643. The maximum atomic E-state index is 12.7. The van der Waals surface area contributed by atoms with E-state index in [9.17, 15) is 30.3 Å². The summed E-state index contributed by atoms with van der Waals surface area (Å²) in [5.41, 5.74) is 0. The second-order valence-corrected chi connectivity index (χ2v) is 11.2. The van der Waals surface area contributed by atoms with Gasteiger partial charge in [0.15, 0.2) is 6.29 Å². The van der Waals surface area contributed by atoms with Crippen LogP contribution in [0.15, 0.2) is 85.1 Å². The summed E-state index contributed by atoms with van der Waals surface area (Å²) in [6.45, 7) is 3.40. The lowest BCUT2D eigenvalue weighted by Crippen LogP contribution is -2.60. The number of carbonyl (C=O) groups is 1. The van der Waals surface area contributed by atoms with E-state index >= 15 is 0 Å². The first-order valence-electron chi connectivity index (χ1n) is 16.8. The van der Waals surface area contributed by atoms with Crippen molar-refractivity contribution in [3.63, 3.8) is 0 Å². The Bertz CT molecular complexity index is 984. The number of hydrogen-bond acceptors (Lipinski definition) is 8. The number of aliphatic hydroxyl groups excluding tert-OH is 5. The normalized spacial score (nSPS) is 24.2. The van der Waals surface area contributed by atoms with Gasteiger partial charge in [0.2, 0.25) is 5.91 Å². The largest absolute Gasteiger partial charge is 0.394 e. The Balaban J connectivity index is 2.62. The fourth-order valence-corrected chi connectivity index (χ4v) is 4.50. The van der Waals surface area contributed by atoms with Gasteiger partial charge in [0.1, 0.15) is 24.4 Å². The smallest absolute Gasteiger partial charge is 0.220 e. The molecule has 0 bridgehead atoms. The van der Waals surface area contributed by atoms with Crippen LogP contribution in [0.4, 0.5) is 0 Å². The number of unbranched alkanes of at least 4 members (excludes halogenated alkanes) is 2. The van der Waals surface area contributed by atoms with Crippen molar-refractivity contribution in [3.8, 4) is 0 Å². The SMILES string of the molecule is CC/C=C\C/C=C\C/C=C\C/C=C\CCC(=O)NC(COC1OC(CO)C(O)C(O)C1O)C(O)/C=C/CC/C=C/CC/C=C/CC. The summed E-state index contributed by atoms with van der Waals surface area (Å²) in [4.78, 5) is 12.7. The van der Waals surface area contributed by atoms with E-state index in [0.29, 0.717) is 12.8 Å². The van der Waals surface area contributed by atoms with Gasteiger partial charge in [0, 0.05) is 6.42 Å². The van der Waals surface area contributed by atoms with E-state index < -0.39 is 49.5 Å². The average Bonchev–Trinajstić information content (AvgIpc) is 3.05. The van der Waals surface area contributed by atoms with Crippen LogP contribution < -0.4 is 5.32 Å². The molecule has 0 aromatic rings. The molecule has 0 radical (unpaired) electrons. The standard InChI is InChI=1S/C37H59NO8/c1-3-5-7-9-11-13-15-16-17-19-21-23-25-27-33(41)38-30(29-45-37-36(44)35(43)34(42)32(28-39)46-37)31(40)26-24-22-20-18-14-12-10-8-6-4-2/h5-8,11,13-14,16-18,21,23-24,26,30-32,34-37,39-40,42-44H,3-4,9-10,12,15,19-20,22,25,27-29H2,1-2H3,(H,38,41)/b7-5-,8-6+,13-11-,17-16-,18-14+,23-21-,26-24+. The van der Waals surface area contributed by atoms with E-state index in [1.54, 1.807) is 6.08 Å². The predicted octanol–water partition coefficient (Wildman–Crippen LogP) is 4.87. The number of hydrogen-bond donors (Lipinski definition) is 6. The van der Waals surface area contributed by atoms with Gasteiger partial charge in [0.25, 0.3) is 0 Å². The van der Waals surface area contributed by atoms with Gasteiger partial charge in [-0.1, -0.05) is 98.9 Å². The predicted molar refractivity (Wildman–Crippen MR) is 184 cm³/mol. The highest BCUT2D eigenvalue weighted by Gasteiger charge is 2.44. The first-order valence-corrected chi connectivity index (χ1v) is 16.8. The van der Waals surface area contributed by atoms with Gasteiger partial charge in [-0.15, -0.1) is 0 Å². The van der Waals surface area contributed by atoms with Gasteiger partial charge in [-0.25, -0.2) is 0 Å². The van der Waals surface area contributed by atoms with Crippen LogP contribution in [0.3, 0.4) is 0 Å². The molecule has 260 valence electrons. The summed E-state index contributed by atoms with van der Waals surface area (Å²) in [6.07, 6.45) is 29.4. The van der Waals surface area contributed by atoms with Gasteiger partial charge in [0.05, 0.1) is 25.4 Å². The molecular weight excluding hydrogens is 586 g/mol. The molecule has 1 rings (SSSR count). The molecule has 7 atom stereocenters. The minimum absolute atomic E-state index is 0.208. The number of rotatable bonds is 24. The Labute approximate surface area is 276 Å². The Morgan fingerprint density at radius 2 is 1.22 bits per heavy atom. The molecule has 0 spiro atoms. The van der Waals surface area contributed by atoms with Crippen LogP contribution in [0.25, 0.3) is 0 Å². The second kappa shape index (κ2) is 27.5. The zero-order valence-corrected chi connectivity index (χ0v) is 27.8. The van der Waals surface area contributed by atoms with Crippen molar-refractivity contribution in [2.75, 3.05) is 13.2 Å². The van der Waals surface area contributed by atoms with Crippen LogP contribution >= 0.6 is 0 Å². The molecule has 6 N–H and O–H groups in total. The molecule has 1 aliphatic heterocycles. The van der Waals surface area contributed by atoms with Crippen LogP contribution in [-0.2, 0) is 14.3 Å². The topological polar surface area (TPSA) is 149 Å². The molecule has 9 heteroatoms. The fraction of sp³-hybridized carbons (Fsp3) is 0.595. The van der Waals surface area contributed by atoms with Gasteiger partial charge < -0.3 is 40.3 Å². The van der Waals surface area contributed by atoms with Crippen LogP contribution in [0.2, 0.25) is 0 Å². The van der Waals surface area contributed by atoms with Crippen LogP contribution in [0.1, 0.15) is 84.5 Å². The zero-order valence-electron chi connectivity index (χ0n) is 27.8. The zero-order chi connectivity index (χ0) is 33.8. The highest BCUT2D eigenvalue weighted by Crippen LogP contribution is 2.22. The third-order valence-electron chi connectivity index (χ3n) is 7.21. The molecule has 9 nitrogen and oxygen atoms in total. The monoisotopic (exact) mass is 645 g/mol. The Morgan fingerprint density at radius 1 is 0.717 bits per heavy atom. The van der Waals surface area contributed by atoms with E-state index in [1.807, 2.05) is 18.2 Å². The van der Waals surface area contributed by atoms with Crippen molar-refractivity contribution in [2.24, 2.45) is 0 Å². The minimum atomic E-state index is -1.59. The lowest BCUT2D eigenvalue weighted by molar-refractivity contribution is -0.302. The van der Waals surface area contributed by atoms with Crippen molar-refractivity contribution in [1.82, 2.24) is 5.32 Å². The first-order chi connectivity index (χ1) is 22.3. The molecule has 1 aliphatic rings. The second-order valence-electron chi connectivity index (χ2n) is 11.2. The number of nitrogens with one attached hydrogen (secondary N) is 1. The molecule has 0 aromatic carbocycles. The Hall–Kier alpha value is -2.63. The molecule has 0 aliphatic carbocycles. The van der Waals surface area contributed by atoms with Crippen LogP contribution in [0, 0.1) is 0 Å². The van der Waals surface area contributed by atoms with Crippen LogP contribution in [0.5, 0.6) is 0 Å². The fourth-order valence-electron chi connectivity index (χ4n) is 4.50. The average molecular weight is 646 g/mol. The summed E-state index contributed by atoms with van der Waals surface area (Å²) < 4.78 is 11.1. The molecule has 1 fully saturated rings. The summed E-state index contributed by atoms with van der Waals surface area (Å²) in [7, 11) is 0. The van der Waals surface area contributed by atoms with Crippen molar-refractivity contribution < 1.29 is 39.8 Å². The van der Waals surface area contributed by atoms with E-state index in [1.165, 1.54) is 0 Å². The number of amides is 1. The Kier molecular flexibility index (Phi) is 24.7. The lowest BCUT2D eigenvalue weighted by atomic mass is 9.99. The highest BCUT2D eigenvalue weighted by molar-refractivity contribution is 5.76. The maximum absolute atomic E-state index is 12.7. The van der Waals surface area contributed by atoms with Crippen LogP contribution in [-0.4, -0.2) is 87.5 Å². The van der Waals surface area contributed by atoms with E-state index in [0.717, 1.165) is 51.4 Å². The minimum Gasteiger partial charge on any atom is -0.394 e. The summed E-state index contributed by atoms with van der Waals surface area (Å²) in [5, 5.41) is 53.5. The van der Waals surface area contributed by atoms with E-state index in [-0.39, 0.29) is 18.9 Å². The van der Waals surface area contributed by atoms with Crippen molar-refractivity contribution in [2.45, 2.75) is 127 Å². The third-order valence-corrected chi connectivity index (χ3v) is 7.21. The Morgan fingerprint density at radius 3 is 1.80 bits per heavy atom. The summed E-state index contributed by atoms with van der Waals surface area (Å²) in [5.74, 6) is -0.280. The summed E-state index contributed by atoms with van der Waals surface area (Å²) >= 11 is 0. The van der Waals surface area contributed by atoms with Crippen molar-refractivity contribution in [3.05, 3.63) is 85.1 Å². The van der Waals surface area contributed by atoms with Crippen molar-refractivity contribution in [1.29, 1.82) is 0 Å². The third kappa shape index (κ3) is 19.1. The van der Waals surface area contributed by atoms with E-state index in [2.05, 4.69) is 79.9 Å². The maximum Gasteiger partial charge on any atom is 0.220 e. The molecule has 0 saturated carbocycles. The first kappa shape index (κ1) is 41.4.